The van der Waals surface area contributed by atoms with Crippen LogP contribution in [0.1, 0.15) is 29.4 Å². The average molecular weight is 431 g/mol. The first-order valence-electron chi connectivity index (χ1n) is 10.4. The van der Waals surface area contributed by atoms with Crippen molar-refractivity contribution in [2.75, 3.05) is 7.11 Å². The fraction of sp³-hybridized carbons (Fsp3) is 0.192. The van der Waals surface area contributed by atoms with Crippen molar-refractivity contribution in [3.05, 3.63) is 90.1 Å². The Morgan fingerprint density at radius 1 is 1.03 bits per heavy atom. The molecule has 4 nitrogen and oxygen atoms in total. The second kappa shape index (κ2) is 9.75. The van der Waals surface area contributed by atoms with Crippen molar-refractivity contribution in [2.45, 2.75) is 35.6 Å². The topological polar surface area (TPSA) is 54.1 Å². The molecule has 1 aromatic heterocycles. The first-order valence-corrected chi connectivity index (χ1v) is 11.2. The van der Waals surface area contributed by atoms with Crippen LogP contribution in [0.4, 0.5) is 0 Å². The molecule has 0 aliphatic carbocycles. The molecule has 31 heavy (non-hydrogen) atoms. The van der Waals surface area contributed by atoms with Crippen LogP contribution in [0, 0.1) is 0 Å². The lowest BCUT2D eigenvalue weighted by atomic mass is 10.1. The number of aromatic nitrogens is 1. The van der Waals surface area contributed by atoms with Gasteiger partial charge in [0.25, 0.3) is 5.91 Å². The van der Waals surface area contributed by atoms with Crippen molar-refractivity contribution < 1.29 is 9.53 Å². The molecule has 1 heterocycles. The molecule has 0 radical (unpaired) electrons. The number of fused-ring (bicyclic) bond motifs is 1. The zero-order valence-corrected chi connectivity index (χ0v) is 18.5. The summed E-state index contributed by atoms with van der Waals surface area (Å²) in [6, 6.07) is 26.4. The van der Waals surface area contributed by atoms with Crippen molar-refractivity contribution in [3.8, 4) is 5.75 Å². The molecule has 158 valence electrons. The van der Waals surface area contributed by atoms with Crippen molar-refractivity contribution in [1.29, 1.82) is 0 Å². The van der Waals surface area contributed by atoms with Gasteiger partial charge in [-0.2, -0.15) is 0 Å². The molecule has 0 bridgehead atoms. The molecule has 1 atom stereocenters. The fourth-order valence-corrected chi connectivity index (χ4v) is 4.61. The van der Waals surface area contributed by atoms with Gasteiger partial charge in [-0.1, -0.05) is 60.3 Å². The van der Waals surface area contributed by atoms with E-state index in [0.29, 0.717) is 5.69 Å². The number of carbonyl (C=O) groups excluding carboxylic acids is 1. The molecule has 0 unspecified atom stereocenters. The minimum absolute atomic E-state index is 0.0585. The van der Waals surface area contributed by atoms with E-state index >= 15 is 0 Å². The molecular weight excluding hydrogens is 404 g/mol. The number of benzene rings is 3. The van der Waals surface area contributed by atoms with Gasteiger partial charge in [-0.3, -0.25) is 4.79 Å². The largest absolute Gasteiger partial charge is 0.497 e. The van der Waals surface area contributed by atoms with E-state index in [1.165, 1.54) is 5.56 Å². The summed E-state index contributed by atoms with van der Waals surface area (Å²) in [5.41, 5.74) is 2.75. The van der Waals surface area contributed by atoms with E-state index in [4.69, 9.17) is 4.74 Å². The maximum absolute atomic E-state index is 13.2. The third-order valence-corrected chi connectivity index (χ3v) is 6.37. The van der Waals surface area contributed by atoms with Gasteiger partial charge in [-0.15, -0.1) is 0 Å². The normalized spacial score (nSPS) is 11.9. The monoisotopic (exact) mass is 430 g/mol. The molecule has 5 heteroatoms. The highest BCUT2D eigenvalue weighted by Crippen LogP contribution is 2.37. The zero-order valence-electron chi connectivity index (χ0n) is 17.7. The Morgan fingerprint density at radius 2 is 1.74 bits per heavy atom. The maximum atomic E-state index is 13.2. The van der Waals surface area contributed by atoms with Crippen LogP contribution in [-0.4, -0.2) is 24.0 Å². The lowest BCUT2D eigenvalue weighted by molar-refractivity contribution is 0.0931. The van der Waals surface area contributed by atoms with Crippen LogP contribution < -0.4 is 10.1 Å². The first kappa shape index (κ1) is 21.1. The first-order chi connectivity index (χ1) is 15.1. The van der Waals surface area contributed by atoms with Crippen molar-refractivity contribution in [3.63, 3.8) is 0 Å². The Morgan fingerprint density at radius 3 is 2.45 bits per heavy atom. The fourth-order valence-electron chi connectivity index (χ4n) is 3.55. The molecule has 0 fully saturated rings. The van der Waals surface area contributed by atoms with E-state index in [-0.39, 0.29) is 11.9 Å². The van der Waals surface area contributed by atoms with E-state index in [1.807, 2.05) is 54.6 Å². The van der Waals surface area contributed by atoms with E-state index < -0.39 is 0 Å². The van der Waals surface area contributed by atoms with Gasteiger partial charge < -0.3 is 15.0 Å². The number of hydrogen-bond acceptors (Lipinski definition) is 3. The van der Waals surface area contributed by atoms with Gasteiger partial charge in [-0.05, 0) is 49.6 Å². The van der Waals surface area contributed by atoms with Crippen LogP contribution in [0.5, 0.6) is 5.75 Å². The predicted molar refractivity (Wildman–Crippen MR) is 127 cm³/mol. The number of rotatable bonds is 8. The number of aryl methyl sites for hydroxylation is 1. The molecule has 1 amide bonds. The summed E-state index contributed by atoms with van der Waals surface area (Å²) in [6.45, 7) is 2.05. The lowest BCUT2D eigenvalue weighted by Gasteiger charge is -2.14. The smallest absolute Gasteiger partial charge is 0.269 e. The number of H-pyrrole nitrogens is 1. The third-order valence-electron chi connectivity index (χ3n) is 5.23. The van der Waals surface area contributed by atoms with E-state index in [0.717, 1.165) is 39.3 Å². The molecule has 0 aliphatic rings. The van der Waals surface area contributed by atoms with Gasteiger partial charge in [0.1, 0.15) is 11.4 Å². The van der Waals surface area contributed by atoms with Gasteiger partial charge in [0.2, 0.25) is 0 Å². The van der Waals surface area contributed by atoms with Gasteiger partial charge in [0, 0.05) is 22.4 Å². The van der Waals surface area contributed by atoms with Crippen LogP contribution in [0.15, 0.2) is 88.7 Å². The van der Waals surface area contributed by atoms with Crippen LogP contribution in [0.3, 0.4) is 0 Å². The van der Waals surface area contributed by atoms with Crippen molar-refractivity contribution in [1.82, 2.24) is 10.3 Å². The molecule has 4 aromatic rings. The third kappa shape index (κ3) is 5.12. The number of methoxy groups -OCH3 is 1. The molecule has 3 aromatic carbocycles. The number of aromatic amines is 1. The summed E-state index contributed by atoms with van der Waals surface area (Å²) in [5.74, 6) is 0.669. The molecular formula is C26H26N2O2S. The summed E-state index contributed by atoms with van der Waals surface area (Å²) in [6.07, 6.45) is 1.81. The highest BCUT2D eigenvalue weighted by atomic mass is 32.2. The zero-order chi connectivity index (χ0) is 21.6. The number of nitrogens with one attached hydrogen (secondary N) is 2. The molecule has 0 saturated carbocycles. The minimum atomic E-state index is -0.0887. The van der Waals surface area contributed by atoms with E-state index in [2.05, 4.69) is 41.5 Å². The van der Waals surface area contributed by atoms with Crippen LogP contribution in [0.25, 0.3) is 10.9 Å². The van der Waals surface area contributed by atoms with Crippen LogP contribution >= 0.6 is 11.8 Å². The van der Waals surface area contributed by atoms with Gasteiger partial charge in [-0.25, -0.2) is 0 Å². The predicted octanol–water partition coefficient (Wildman–Crippen LogP) is 6.08. The Kier molecular flexibility index (Phi) is 6.63. The molecule has 4 rings (SSSR count). The van der Waals surface area contributed by atoms with Crippen molar-refractivity contribution >= 4 is 28.6 Å². The lowest BCUT2D eigenvalue weighted by Crippen LogP contribution is -2.33. The van der Waals surface area contributed by atoms with Gasteiger partial charge in [0.15, 0.2) is 0 Å². The van der Waals surface area contributed by atoms with Crippen LogP contribution in [0.2, 0.25) is 0 Å². The summed E-state index contributed by atoms with van der Waals surface area (Å²) in [7, 11) is 1.64. The van der Waals surface area contributed by atoms with E-state index in [1.54, 1.807) is 18.9 Å². The number of amides is 1. The summed E-state index contributed by atoms with van der Waals surface area (Å²) in [4.78, 5) is 18.6. The van der Waals surface area contributed by atoms with Crippen LogP contribution in [-0.2, 0) is 6.42 Å². The summed E-state index contributed by atoms with van der Waals surface area (Å²) >= 11 is 1.60. The highest BCUT2D eigenvalue weighted by molar-refractivity contribution is 7.99. The standard InChI is InChI=1S/C26H26N2O2S/c1-18(13-14-19-9-5-3-6-10-19)27-26(29)24-25(31-21-11-7-4-8-12-21)22-16-15-20(30-2)17-23(22)28-24/h3-12,15-18,28H,13-14H2,1-2H3,(H,27,29)/t18-/m0/s1. The molecule has 2 N–H and O–H groups in total. The van der Waals surface area contributed by atoms with Crippen molar-refractivity contribution in [2.24, 2.45) is 0 Å². The Balaban J connectivity index is 1.57. The molecule has 0 aliphatic heterocycles. The second-order valence-electron chi connectivity index (χ2n) is 7.55. The average Bonchev–Trinajstić information content (AvgIpc) is 3.16. The highest BCUT2D eigenvalue weighted by Gasteiger charge is 2.20. The number of hydrogen-bond donors (Lipinski definition) is 2. The number of ether oxygens (including phenoxy) is 1. The second-order valence-corrected chi connectivity index (χ2v) is 8.64. The van der Waals surface area contributed by atoms with E-state index in [9.17, 15) is 4.79 Å². The Hall–Kier alpha value is -3.18. The Bertz CT molecular complexity index is 1160. The van der Waals surface area contributed by atoms with Gasteiger partial charge >= 0.3 is 0 Å². The van der Waals surface area contributed by atoms with Gasteiger partial charge in [0.05, 0.1) is 17.5 Å². The molecule has 0 spiro atoms. The minimum Gasteiger partial charge on any atom is -0.497 e. The number of carbonyl (C=O) groups is 1. The molecule has 0 saturated heterocycles. The summed E-state index contributed by atoms with van der Waals surface area (Å²) < 4.78 is 5.36. The quantitative estimate of drug-likeness (QED) is 0.356. The Labute approximate surface area is 187 Å². The SMILES string of the molecule is COc1ccc2c(Sc3ccccc3)c(C(=O)N[C@@H](C)CCc3ccccc3)[nH]c2c1. The maximum Gasteiger partial charge on any atom is 0.269 e. The summed E-state index contributed by atoms with van der Waals surface area (Å²) in [5, 5.41) is 4.18.